The highest BCUT2D eigenvalue weighted by molar-refractivity contribution is 6.14. The number of hydrogen-bond acceptors (Lipinski definition) is 3. The number of benzene rings is 3. The van der Waals surface area contributed by atoms with Gasteiger partial charge in [0.25, 0.3) is 5.91 Å². The summed E-state index contributed by atoms with van der Waals surface area (Å²) in [5.74, 6) is -0.707. The lowest BCUT2D eigenvalue weighted by atomic mass is 9.83. The maximum Gasteiger partial charge on any atom is 0.325 e. The smallest absolute Gasteiger partial charge is 0.325 e. The second-order valence-electron chi connectivity index (χ2n) is 8.57. The number of amides is 3. The van der Waals surface area contributed by atoms with Crippen LogP contribution in [0.3, 0.4) is 0 Å². The van der Waals surface area contributed by atoms with Crippen LogP contribution >= 0.6 is 0 Å². The van der Waals surface area contributed by atoms with E-state index in [4.69, 9.17) is 0 Å². The molecular formula is C28H25N3O3. The molecule has 1 saturated heterocycles. The molecule has 3 amide bonds. The summed E-state index contributed by atoms with van der Waals surface area (Å²) < 4.78 is 0. The van der Waals surface area contributed by atoms with Crippen LogP contribution in [0, 0.1) is 0 Å². The Morgan fingerprint density at radius 1 is 0.912 bits per heavy atom. The van der Waals surface area contributed by atoms with Gasteiger partial charge in [-0.3, -0.25) is 14.5 Å². The van der Waals surface area contributed by atoms with Gasteiger partial charge in [-0.2, -0.15) is 0 Å². The Morgan fingerprint density at radius 2 is 1.62 bits per heavy atom. The quantitative estimate of drug-likeness (QED) is 0.318. The summed E-state index contributed by atoms with van der Waals surface area (Å²) in [5.41, 5.74) is 2.83. The zero-order valence-corrected chi connectivity index (χ0v) is 18.9. The molecule has 0 radical (unpaired) electrons. The number of carbonyl (C=O) groups is 3. The van der Waals surface area contributed by atoms with Crippen LogP contribution in [0.25, 0.3) is 10.9 Å². The van der Waals surface area contributed by atoms with E-state index in [1.165, 1.54) is 0 Å². The molecule has 0 saturated carbocycles. The van der Waals surface area contributed by atoms with Gasteiger partial charge in [-0.15, -0.1) is 0 Å². The second kappa shape index (κ2) is 8.63. The first-order chi connectivity index (χ1) is 16.5. The SMILES string of the molecule is CCc1cccc2c(C(=O)CN3C(=O)NC(Cc4ccccc4)(c4ccccc4)C3=O)c[nH]c12. The van der Waals surface area contributed by atoms with Crippen molar-refractivity contribution in [1.82, 2.24) is 15.2 Å². The molecule has 1 unspecified atom stereocenters. The first-order valence-corrected chi connectivity index (χ1v) is 11.4. The number of nitrogens with one attached hydrogen (secondary N) is 2. The van der Waals surface area contributed by atoms with E-state index in [2.05, 4.69) is 17.2 Å². The summed E-state index contributed by atoms with van der Waals surface area (Å²) >= 11 is 0. The molecule has 1 aliphatic heterocycles. The molecule has 6 heteroatoms. The second-order valence-corrected chi connectivity index (χ2v) is 8.57. The zero-order valence-electron chi connectivity index (χ0n) is 18.9. The number of ketones is 1. The number of Topliss-reactive ketones (excluding diaryl/α,β-unsaturated/α-hetero) is 1. The highest BCUT2D eigenvalue weighted by atomic mass is 16.2. The standard InChI is InChI=1S/C28H25N3O3/c1-2-20-12-9-15-22-23(17-29-25(20)22)24(32)18-31-26(33)28(30-27(31)34,21-13-7-4-8-14-21)16-19-10-5-3-6-11-19/h3-15,17,29H,2,16,18H2,1H3,(H,30,34). The Labute approximate surface area is 197 Å². The number of imide groups is 1. The summed E-state index contributed by atoms with van der Waals surface area (Å²) in [6.07, 6.45) is 2.79. The molecule has 1 aromatic heterocycles. The minimum absolute atomic E-state index is 0.286. The van der Waals surface area contributed by atoms with E-state index in [0.717, 1.165) is 33.4 Å². The van der Waals surface area contributed by atoms with Crippen molar-refractivity contribution in [2.24, 2.45) is 0 Å². The third-order valence-corrected chi connectivity index (χ3v) is 6.54. The van der Waals surface area contributed by atoms with Crippen LogP contribution in [-0.4, -0.2) is 34.2 Å². The van der Waals surface area contributed by atoms with Crippen LogP contribution in [-0.2, 0) is 23.2 Å². The molecule has 2 N–H and O–H groups in total. The molecule has 6 nitrogen and oxygen atoms in total. The van der Waals surface area contributed by atoms with Gasteiger partial charge in [-0.1, -0.05) is 85.8 Å². The summed E-state index contributed by atoms with van der Waals surface area (Å²) in [6, 6.07) is 24.0. The number of rotatable bonds is 7. The number of hydrogen-bond donors (Lipinski definition) is 2. The minimum Gasteiger partial charge on any atom is -0.360 e. The van der Waals surface area contributed by atoms with Crippen LogP contribution < -0.4 is 5.32 Å². The highest BCUT2D eigenvalue weighted by Gasteiger charge is 2.52. The number of H-pyrrole nitrogens is 1. The predicted octanol–water partition coefficient (Wildman–Crippen LogP) is 4.60. The van der Waals surface area contributed by atoms with Gasteiger partial charge >= 0.3 is 6.03 Å². The third kappa shape index (κ3) is 3.57. The lowest BCUT2D eigenvalue weighted by molar-refractivity contribution is -0.131. The molecule has 1 fully saturated rings. The highest BCUT2D eigenvalue weighted by Crippen LogP contribution is 2.33. The summed E-state index contributed by atoms with van der Waals surface area (Å²) in [6.45, 7) is 1.73. The molecule has 0 bridgehead atoms. The Kier molecular flexibility index (Phi) is 5.49. The molecular weight excluding hydrogens is 426 g/mol. The Morgan fingerprint density at radius 3 is 2.32 bits per heavy atom. The van der Waals surface area contributed by atoms with Crippen molar-refractivity contribution in [3.05, 3.63) is 107 Å². The van der Waals surface area contributed by atoms with Gasteiger partial charge in [0.15, 0.2) is 11.3 Å². The molecule has 5 rings (SSSR count). The number of urea groups is 1. The van der Waals surface area contributed by atoms with Gasteiger partial charge < -0.3 is 10.3 Å². The van der Waals surface area contributed by atoms with Crippen molar-refractivity contribution in [2.45, 2.75) is 25.3 Å². The van der Waals surface area contributed by atoms with Gasteiger partial charge in [0.05, 0.1) is 6.54 Å². The van der Waals surface area contributed by atoms with E-state index < -0.39 is 17.5 Å². The summed E-state index contributed by atoms with van der Waals surface area (Å²) in [7, 11) is 0. The van der Waals surface area contributed by atoms with E-state index in [9.17, 15) is 14.4 Å². The maximum atomic E-state index is 13.8. The number of fused-ring (bicyclic) bond motifs is 1. The third-order valence-electron chi connectivity index (χ3n) is 6.54. The molecule has 1 atom stereocenters. The van der Waals surface area contributed by atoms with Crippen LogP contribution in [0.5, 0.6) is 0 Å². The van der Waals surface area contributed by atoms with E-state index >= 15 is 0 Å². The largest absolute Gasteiger partial charge is 0.360 e. The van der Waals surface area contributed by atoms with Crippen molar-refractivity contribution in [2.75, 3.05) is 6.54 Å². The lowest BCUT2D eigenvalue weighted by Gasteiger charge is -2.27. The molecule has 170 valence electrons. The number of para-hydroxylation sites is 1. The Balaban J connectivity index is 1.48. The van der Waals surface area contributed by atoms with Gasteiger partial charge in [0.2, 0.25) is 0 Å². The monoisotopic (exact) mass is 451 g/mol. The normalized spacial score (nSPS) is 17.9. The van der Waals surface area contributed by atoms with E-state index in [1.807, 2.05) is 78.9 Å². The van der Waals surface area contributed by atoms with Gasteiger partial charge in [-0.05, 0) is 23.1 Å². The predicted molar refractivity (Wildman–Crippen MR) is 131 cm³/mol. The van der Waals surface area contributed by atoms with Crippen molar-refractivity contribution < 1.29 is 14.4 Å². The van der Waals surface area contributed by atoms with Gasteiger partial charge in [-0.25, -0.2) is 4.79 Å². The first kappa shape index (κ1) is 21.6. The molecule has 0 aliphatic carbocycles. The summed E-state index contributed by atoms with van der Waals surface area (Å²) in [4.78, 5) is 44.4. The fourth-order valence-electron chi connectivity index (χ4n) is 4.78. The van der Waals surface area contributed by atoms with Gasteiger partial charge in [0.1, 0.15) is 0 Å². The van der Waals surface area contributed by atoms with Crippen LogP contribution in [0.15, 0.2) is 85.1 Å². The molecule has 3 aromatic carbocycles. The average molecular weight is 452 g/mol. The maximum absolute atomic E-state index is 13.8. The van der Waals surface area contributed by atoms with Crippen LogP contribution in [0.4, 0.5) is 4.79 Å². The zero-order chi connectivity index (χ0) is 23.7. The number of nitrogens with zero attached hydrogens (tertiary/aromatic N) is 1. The van der Waals surface area contributed by atoms with Crippen molar-refractivity contribution in [3.8, 4) is 0 Å². The molecule has 4 aromatic rings. The molecule has 34 heavy (non-hydrogen) atoms. The number of aromatic amines is 1. The van der Waals surface area contributed by atoms with Crippen molar-refractivity contribution in [1.29, 1.82) is 0 Å². The molecule has 1 aliphatic rings. The van der Waals surface area contributed by atoms with Crippen LogP contribution in [0.2, 0.25) is 0 Å². The molecule has 2 heterocycles. The topological polar surface area (TPSA) is 82.3 Å². The van der Waals surface area contributed by atoms with E-state index in [0.29, 0.717) is 17.5 Å². The van der Waals surface area contributed by atoms with Crippen LogP contribution in [0.1, 0.15) is 34.0 Å². The fraction of sp³-hybridized carbons (Fsp3) is 0.179. The fourth-order valence-corrected chi connectivity index (χ4v) is 4.78. The summed E-state index contributed by atoms with van der Waals surface area (Å²) in [5, 5.41) is 3.72. The first-order valence-electron chi connectivity index (χ1n) is 11.4. The van der Waals surface area contributed by atoms with Crippen molar-refractivity contribution in [3.63, 3.8) is 0 Å². The van der Waals surface area contributed by atoms with Gasteiger partial charge in [0, 0.05) is 29.1 Å². The Bertz CT molecular complexity index is 1380. The number of carbonyl (C=O) groups excluding carboxylic acids is 3. The molecule has 0 spiro atoms. The lowest BCUT2D eigenvalue weighted by Crippen LogP contribution is -2.46. The minimum atomic E-state index is -1.27. The number of aromatic nitrogens is 1. The van der Waals surface area contributed by atoms with E-state index in [1.54, 1.807) is 6.20 Å². The van der Waals surface area contributed by atoms with Crippen molar-refractivity contribution >= 4 is 28.6 Å². The van der Waals surface area contributed by atoms with E-state index in [-0.39, 0.29) is 12.3 Å². The number of aryl methyl sites for hydroxylation is 1. The average Bonchev–Trinajstić information content (AvgIpc) is 3.41. The Hall–Kier alpha value is -4.19.